The number of piperazine rings is 1. The van der Waals surface area contributed by atoms with Gasteiger partial charge in [0.25, 0.3) is 0 Å². The lowest BCUT2D eigenvalue weighted by Gasteiger charge is -2.42. The third-order valence-corrected chi connectivity index (χ3v) is 4.29. The van der Waals surface area contributed by atoms with Crippen LogP contribution in [0.1, 0.15) is 53.9 Å². The Morgan fingerprint density at radius 2 is 1.78 bits per heavy atom. The summed E-state index contributed by atoms with van der Waals surface area (Å²) in [5.41, 5.74) is 0.269. The highest BCUT2D eigenvalue weighted by atomic mass is 16.5. The number of ether oxygens (including phenoxy) is 1. The molecule has 1 heterocycles. The maximum absolute atomic E-state index is 11.8. The van der Waals surface area contributed by atoms with Crippen molar-refractivity contribution in [2.75, 3.05) is 45.9 Å². The summed E-state index contributed by atoms with van der Waals surface area (Å²) in [6, 6.07) is 0. The molecule has 0 aromatic carbocycles. The summed E-state index contributed by atoms with van der Waals surface area (Å²) in [7, 11) is 0. The number of nitrogens with zero attached hydrogens (tertiary/aromatic N) is 2. The van der Waals surface area contributed by atoms with Gasteiger partial charge in [-0.2, -0.15) is 0 Å². The molecule has 0 bridgehead atoms. The second-order valence-corrected chi connectivity index (χ2v) is 7.73. The second kappa shape index (κ2) is 10.3. The minimum atomic E-state index is 0.169. The minimum Gasteiger partial charge on any atom is -0.379 e. The molecule has 0 aromatic rings. The molecule has 1 saturated heterocycles. The zero-order valence-corrected chi connectivity index (χ0v) is 15.9. The zero-order chi connectivity index (χ0) is 17.3. The van der Waals surface area contributed by atoms with Crippen LogP contribution in [0.4, 0.5) is 0 Å². The number of carbonyl (C=O) groups excluding carboxylic acids is 1. The lowest BCUT2D eigenvalue weighted by atomic mass is 10.0. The predicted octanol–water partition coefficient (Wildman–Crippen LogP) is 2.11. The Morgan fingerprint density at radius 3 is 2.35 bits per heavy atom. The lowest BCUT2D eigenvalue weighted by Crippen LogP contribution is -2.53. The molecule has 0 aliphatic carbocycles. The topological polar surface area (TPSA) is 44.8 Å². The molecular weight excluding hydrogens is 290 g/mol. The Kier molecular flexibility index (Phi) is 9.10. The molecule has 0 radical (unpaired) electrons. The summed E-state index contributed by atoms with van der Waals surface area (Å²) in [5, 5.41) is 2.98. The van der Waals surface area contributed by atoms with Gasteiger partial charge in [-0.25, -0.2) is 0 Å². The van der Waals surface area contributed by atoms with Crippen molar-refractivity contribution in [1.82, 2.24) is 15.1 Å². The van der Waals surface area contributed by atoms with Crippen LogP contribution in [0.15, 0.2) is 0 Å². The van der Waals surface area contributed by atoms with E-state index in [4.69, 9.17) is 4.74 Å². The summed E-state index contributed by atoms with van der Waals surface area (Å²) in [4.78, 5) is 16.8. The van der Waals surface area contributed by atoms with Gasteiger partial charge in [0.2, 0.25) is 5.91 Å². The summed E-state index contributed by atoms with van der Waals surface area (Å²) >= 11 is 0. The van der Waals surface area contributed by atoms with Gasteiger partial charge < -0.3 is 15.0 Å². The van der Waals surface area contributed by atoms with Crippen molar-refractivity contribution in [3.63, 3.8) is 0 Å². The van der Waals surface area contributed by atoms with E-state index in [-0.39, 0.29) is 17.6 Å². The fourth-order valence-corrected chi connectivity index (χ4v) is 2.81. The third kappa shape index (κ3) is 9.28. The van der Waals surface area contributed by atoms with Crippen LogP contribution in [-0.4, -0.2) is 73.2 Å². The highest BCUT2D eigenvalue weighted by molar-refractivity contribution is 5.75. The molecule has 1 rings (SSSR count). The lowest BCUT2D eigenvalue weighted by molar-refractivity contribution is -0.121. The maximum atomic E-state index is 11.8. The van der Waals surface area contributed by atoms with Crippen molar-refractivity contribution in [3.05, 3.63) is 0 Å². The Hall–Kier alpha value is -0.650. The van der Waals surface area contributed by atoms with Crippen LogP contribution in [0.5, 0.6) is 0 Å². The van der Waals surface area contributed by atoms with Gasteiger partial charge in [0.15, 0.2) is 0 Å². The molecule has 1 N–H and O–H groups in total. The smallest absolute Gasteiger partial charge is 0.220 e. The van der Waals surface area contributed by atoms with E-state index in [1.54, 1.807) is 0 Å². The number of carbonyl (C=O) groups is 1. The quantitative estimate of drug-likeness (QED) is 0.659. The molecule has 1 aliphatic rings. The van der Waals surface area contributed by atoms with Crippen LogP contribution in [0.2, 0.25) is 0 Å². The second-order valence-electron chi connectivity index (χ2n) is 7.73. The van der Waals surface area contributed by atoms with Crippen molar-refractivity contribution < 1.29 is 9.53 Å². The van der Waals surface area contributed by atoms with Crippen molar-refractivity contribution in [2.45, 2.75) is 65.5 Å². The first-order valence-electron chi connectivity index (χ1n) is 9.15. The van der Waals surface area contributed by atoms with E-state index < -0.39 is 0 Å². The first-order valence-corrected chi connectivity index (χ1v) is 9.15. The van der Waals surface area contributed by atoms with Gasteiger partial charge >= 0.3 is 0 Å². The van der Waals surface area contributed by atoms with E-state index in [0.29, 0.717) is 6.42 Å². The fraction of sp³-hybridized carbons (Fsp3) is 0.944. The standard InChI is InChI=1S/C18H37N3O2/c1-16(2)23-15-7-9-19-17(22)8-6-10-20-11-13-21(14-12-20)18(3,4)5/h16H,6-15H2,1-5H3,(H,19,22). The van der Waals surface area contributed by atoms with Gasteiger partial charge in [-0.3, -0.25) is 9.69 Å². The Balaban J connectivity index is 2.01. The van der Waals surface area contributed by atoms with Gasteiger partial charge in [-0.1, -0.05) is 0 Å². The molecular formula is C18H37N3O2. The molecule has 5 nitrogen and oxygen atoms in total. The molecule has 136 valence electrons. The predicted molar refractivity (Wildman–Crippen MR) is 95.7 cm³/mol. The molecule has 1 amide bonds. The van der Waals surface area contributed by atoms with Crippen molar-refractivity contribution in [1.29, 1.82) is 0 Å². The average molecular weight is 328 g/mol. The molecule has 1 aliphatic heterocycles. The van der Waals surface area contributed by atoms with E-state index in [9.17, 15) is 4.79 Å². The van der Waals surface area contributed by atoms with Crippen molar-refractivity contribution in [3.8, 4) is 0 Å². The van der Waals surface area contributed by atoms with Crippen LogP contribution in [0.3, 0.4) is 0 Å². The Morgan fingerprint density at radius 1 is 1.13 bits per heavy atom. The van der Waals surface area contributed by atoms with Crippen LogP contribution in [0.25, 0.3) is 0 Å². The van der Waals surface area contributed by atoms with E-state index in [1.165, 1.54) is 0 Å². The van der Waals surface area contributed by atoms with E-state index in [2.05, 4.69) is 35.9 Å². The van der Waals surface area contributed by atoms with Gasteiger partial charge in [0.05, 0.1) is 6.10 Å². The minimum absolute atomic E-state index is 0.169. The zero-order valence-electron chi connectivity index (χ0n) is 15.9. The summed E-state index contributed by atoms with van der Waals surface area (Å²) < 4.78 is 5.45. The number of rotatable bonds is 9. The largest absolute Gasteiger partial charge is 0.379 e. The monoisotopic (exact) mass is 327 g/mol. The van der Waals surface area contributed by atoms with E-state index >= 15 is 0 Å². The number of nitrogens with one attached hydrogen (secondary N) is 1. The molecule has 0 aromatic heterocycles. The van der Waals surface area contributed by atoms with Crippen molar-refractivity contribution >= 4 is 5.91 Å². The highest BCUT2D eigenvalue weighted by Gasteiger charge is 2.25. The van der Waals surface area contributed by atoms with Crippen LogP contribution >= 0.6 is 0 Å². The summed E-state index contributed by atoms with van der Waals surface area (Å²) in [6.45, 7) is 17.8. The number of hydrogen-bond acceptors (Lipinski definition) is 4. The molecule has 1 fully saturated rings. The molecule has 5 heteroatoms. The van der Waals surface area contributed by atoms with Crippen molar-refractivity contribution in [2.24, 2.45) is 0 Å². The summed E-state index contributed by atoms with van der Waals surface area (Å²) in [6.07, 6.45) is 2.73. The van der Waals surface area contributed by atoms with Crippen LogP contribution in [-0.2, 0) is 9.53 Å². The normalized spacial score (nSPS) is 17.7. The van der Waals surface area contributed by atoms with Gasteiger partial charge in [-0.05, 0) is 54.0 Å². The molecule has 0 spiro atoms. The van der Waals surface area contributed by atoms with E-state index in [1.807, 2.05) is 13.8 Å². The van der Waals surface area contributed by atoms with E-state index in [0.717, 1.165) is 58.7 Å². The molecule has 0 atom stereocenters. The Bertz CT molecular complexity index is 332. The maximum Gasteiger partial charge on any atom is 0.220 e. The first kappa shape index (κ1) is 20.4. The highest BCUT2D eigenvalue weighted by Crippen LogP contribution is 2.15. The van der Waals surface area contributed by atoms with Crippen LogP contribution < -0.4 is 5.32 Å². The number of hydrogen-bond donors (Lipinski definition) is 1. The van der Waals surface area contributed by atoms with Crippen LogP contribution in [0, 0.1) is 0 Å². The SMILES string of the molecule is CC(C)OCCCNC(=O)CCCN1CCN(C(C)(C)C)CC1. The molecule has 0 unspecified atom stereocenters. The number of amides is 1. The molecule has 23 heavy (non-hydrogen) atoms. The first-order chi connectivity index (χ1) is 10.8. The third-order valence-electron chi connectivity index (χ3n) is 4.29. The van der Waals surface area contributed by atoms with Gasteiger partial charge in [0.1, 0.15) is 0 Å². The molecule has 0 saturated carbocycles. The average Bonchev–Trinajstić information content (AvgIpc) is 2.46. The van der Waals surface area contributed by atoms with Gasteiger partial charge in [-0.15, -0.1) is 0 Å². The fourth-order valence-electron chi connectivity index (χ4n) is 2.81. The Labute approximate surface area is 142 Å². The van der Waals surface area contributed by atoms with Gasteiger partial charge in [0, 0.05) is 51.3 Å². The summed E-state index contributed by atoms with van der Waals surface area (Å²) in [5.74, 6) is 0.169.